The highest BCUT2D eigenvalue weighted by molar-refractivity contribution is 5.79. The van der Waals surface area contributed by atoms with E-state index in [9.17, 15) is 9.59 Å². The fraction of sp³-hybridized carbons (Fsp3) is 0.444. The van der Waals surface area contributed by atoms with Crippen LogP contribution in [-0.4, -0.2) is 18.4 Å². The van der Waals surface area contributed by atoms with Crippen LogP contribution in [0.15, 0.2) is 42.5 Å². The van der Waals surface area contributed by atoms with E-state index in [2.05, 4.69) is 5.32 Å². The maximum Gasteiger partial charge on any atom is 0.306 e. The summed E-state index contributed by atoms with van der Waals surface area (Å²) in [5, 5.41) is 2.92. The molecule has 0 radical (unpaired) electrons. The number of benzene rings is 1. The van der Waals surface area contributed by atoms with Gasteiger partial charge in [-0.2, -0.15) is 0 Å². The molecule has 4 heteroatoms. The minimum Gasteiger partial charge on any atom is -0.456 e. The zero-order valence-corrected chi connectivity index (χ0v) is 13.0. The van der Waals surface area contributed by atoms with Gasteiger partial charge in [-0.05, 0) is 24.8 Å². The van der Waals surface area contributed by atoms with Gasteiger partial charge in [-0.15, -0.1) is 0 Å². The molecule has 0 aromatic heterocycles. The van der Waals surface area contributed by atoms with Gasteiger partial charge in [0.25, 0.3) is 0 Å². The Morgan fingerprint density at radius 2 is 1.95 bits per heavy atom. The van der Waals surface area contributed by atoms with E-state index in [1.807, 2.05) is 49.4 Å². The molecule has 1 aromatic rings. The molecule has 0 unspecified atom stereocenters. The molecule has 1 aliphatic heterocycles. The molecule has 22 heavy (non-hydrogen) atoms. The molecule has 2 atom stereocenters. The van der Waals surface area contributed by atoms with Crippen molar-refractivity contribution in [2.45, 2.75) is 38.7 Å². The number of cyclic esters (lactones) is 1. The highest BCUT2D eigenvalue weighted by atomic mass is 16.5. The molecule has 0 aliphatic carbocycles. The van der Waals surface area contributed by atoms with Crippen molar-refractivity contribution in [3.63, 3.8) is 0 Å². The number of carbonyl (C=O) groups excluding carboxylic acids is 2. The van der Waals surface area contributed by atoms with E-state index in [1.54, 1.807) is 0 Å². The Kier molecular flexibility index (Phi) is 6.19. The van der Waals surface area contributed by atoms with Crippen molar-refractivity contribution in [1.29, 1.82) is 0 Å². The molecular formula is C18H23NO3. The summed E-state index contributed by atoms with van der Waals surface area (Å²) >= 11 is 0. The van der Waals surface area contributed by atoms with Gasteiger partial charge in [-0.1, -0.05) is 49.4 Å². The Morgan fingerprint density at radius 3 is 2.68 bits per heavy atom. The van der Waals surface area contributed by atoms with Crippen LogP contribution in [0, 0.1) is 5.92 Å². The molecule has 1 aliphatic rings. The molecule has 1 heterocycles. The van der Waals surface area contributed by atoms with Gasteiger partial charge in [-0.25, -0.2) is 0 Å². The van der Waals surface area contributed by atoms with Gasteiger partial charge in [0.05, 0.1) is 6.54 Å². The van der Waals surface area contributed by atoms with Crippen molar-refractivity contribution < 1.29 is 14.3 Å². The van der Waals surface area contributed by atoms with Crippen LogP contribution in [0.1, 0.15) is 44.3 Å². The lowest BCUT2D eigenvalue weighted by Gasteiger charge is -2.21. The number of allylic oxidation sites excluding steroid dienone is 2. The van der Waals surface area contributed by atoms with Crippen molar-refractivity contribution in [3.05, 3.63) is 48.0 Å². The molecule has 0 saturated heterocycles. The van der Waals surface area contributed by atoms with Crippen molar-refractivity contribution in [2.75, 3.05) is 6.54 Å². The highest BCUT2D eigenvalue weighted by Gasteiger charge is 2.21. The van der Waals surface area contributed by atoms with Crippen molar-refractivity contribution in [2.24, 2.45) is 5.92 Å². The van der Waals surface area contributed by atoms with E-state index < -0.39 is 6.10 Å². The molecule has 2 rings (SSSR count). The molecule has 1 N–H and O–H groups in total. The lowest BCUT2D eigenvalue weighted by molar-refractivity contribution is -0.150. The number of carbonyl (C=O) groups is 2. The van der Waals surface area contributed by atoms with Crippen molar-refractivity contribution in [1.82, 2.24) is 5.32 Å². The molecule has 4 nitrogen and oxygen atoms in total. The van der Waals surface area contributed by atoms with Gasteiger partial charge in [0.2, 0.25) is 5.91 Å². The molecule has 118 valence electrons. The SMILES string of the molecule is CC[C@@H]1C/C=C/CCC(=O)O[C@H](c2ccccc2)CNC1=O. The van der Waals surface area contributed by atoms with E-state index in [1.165, 1.54) is 0 Å². The molecule has 0 fully saturated rings. The molecule has 0 saturated carbocycles. The Balaban J connectivity index is 2.14. The Hall–Kier alpha value is -2.10. The van der Waals surface area contributed by atoms with Gasteiger partial charge in [0.15, 0.2) is 0 Å². The predicted octanol–water partition coefficient (Wildman–Crippen LogP) is 3.15. The zero-order chi connectivity index (χ0) is 15.8. The van der Waals surface area contributed by atoms with Crippen LogP contribution in [0.5, 0.6) is 0 Å². The number of amides is 1. The maximum atomic E-state index is 12.2. The first-order valence-corrected chi connectivity index (χ1v) is 7.87. The Morgan fingerprint density at radius 1 is 1.18 bits per heavy atom. The quantitative estimate of drug-likeness (QED) is 0.674. The molecule has 0 bridgehead atoms. The lowest BCUT2D eigenvalue weighted by Crippen LogP contribution is -2.35. The van der Waals surface area contributed by atoms with Gasteiger partial charge in [-0.3, -0.25) is 9.59 Å². The minimum absolute atomic E-state index is 0.0182. The van der Waals surface area contributed by atoms with Crippen LogP contribution in [0.2, 0.25) is 0 Å². The van der Waals surface area contributed by atoms with E-state index in [-0.39, 0.29) is 17.8 Å². The van der Waals surface area contributed by atoms with Crippen LogP contribution in [0.3, 0.4) is 0 Å². The second-order valence-corrected chi connectivity index (χ2v) is 5.49. The third-order valence-electron chi connectivity index (χ3n) is 3.87. The summed E-state index contributed by atoms with van der Waals surface area (Å²) in [6, 6.07) is 9.54. The Bertz CT molecular complexity index is 524. The molecule has 1 amide bonds. The molecular weight excluding hydrogens is 278 g/mol. The second-order valence-electron chi connectivity index (χ2n) is 5.49. The first-order chi connectivity index (χ1) is 10.7. The Labute approximate surface area is 131 Å². The van der Waals surface area contributed by atoms with Gasteiger partial charge >= 0.3 is 5.97 Å². The van der Waals surface area contributed by atoms with Crippen LogP contribution in [0.4, 0.5) is 0 Å². The normalized spacial score (nSPS) is 25.3. The average Bonchev–Trinajstić information content (AvgIpc) is 2.54. The summed E-state index contributed by atoms with van der Waals surface area (Å²) < 4.78 is 5.54. The standard InChI is InChI=1S/C18H23NO3/c1-2-14-9-5-4-8-12-17(20)22-16(13-19-18(14)21)15-10-6-3-7-11-15/h3-7,10-11,14,16H,2,8-9,12-13H2,1H3,(H,19,21)/b5-4+/t14-,16+/m1/s1. The summed E-state index contributed by atoms with van der Waals surface area (Å²) in [5.74, 6) is -0.243. The van der Waals surface area contributed by atoms with Crippen LogP contribution >= 0.6 is 0 Å². The molecule has 0 spiro atoms. The van der Waals surface area contributed by atoms with Crippen molar-refractivity contribution >= 4 is 11.9 Å². The largest absolute Gasteiger partial charge is 0.456 e. The summed E-state index contributed by atoms with van der Waals surface area (Å²) in [6.45, 7) is 2.33. The van der Waals surface area contributed by atoms with E-state index in [4.69, 9.17) is 4.74 Å². The first kappa shape index (κ1) is 16.3. The molecule has 1 aromatic carbocycles. The summed E-state index contributed by atoms with van der Waals surface area (Å²) in [6.07, 6.45) is 6.04. The zero-order valence-electron chi connectivity index (χ0n) is 13.0. The van der Waals surface area contributed by atoms with Crippen molar-refractivity contribution in [3.8, 4) is 0 Å². The average molecular weight is 301 g/mol. The lowest BCUT2D eigenvalue weighted by atomic mass is 10.00. The predicted molar refractivity (Wildman–Crippen MR) is 85.1 cm³/mol. The maximum absolute atomic E-state index is 12.2. The highest BCUT2D eigenvalue weighted by Crippen LogP contribution is 2.19. The number of hydrogen-bond donors (Lipinski definition) is 1. The third-order valence-corrected chi connectivity index (χ3v) is 3.87. The monoisotopic (exact) mass is 301 g/mol. The van der Waals surface area contributed by atoms with Gasteiger partial charge in [0, 0.05) is 12.3 Å². The number of hydrogen-bond acceptors (Lipinski definition) is 3. The fourth-order valence-corrected chi connectivity index (χ4v) is 2.49. The first-order valence-electron chi connectivity index (χ1n) is 7.87. The van der Waals surface area contributed by atoms with Crippen LogP contribution in [0.25, 0.3) is 0 Å². The smallest absolute Gasteiger partial charge is 0.306 e. The van der Waals surface area contributed by atoms with Gasteiger partial charge < -0.3 is 10.1 Å². The van der Waals surface area contributed by atoms with E-state index in [0.29, 0.717) is 25.8 Å². The third kappa shape index (κ3) is 4.72. The summed E-state index contributed by atoms with van der Waals surface area (Å²) in [7, 11) is 0. The number of nitrogens with one attached hydrogen (secondary N) is 1. The van der Waals surface area contributed by atoms with E-state index in [0.717, 1.165) is 12.0 Å². The van der Waals surface area contributed by atoms with E-state index >= 15 is 0 Å². The van der Waals surface area contributed by atoms with Crippen LogP contribution in [-0.2, 0) is 14.3 Å². The topological polar surface area (TPSA) is 55.4 Å². The summed E-state index contributed by atoms with van der Waals surface area (Å²) in [5.41, 5.74) is 0.900. The number of rotatable bonds is 2. The second kappa shape index (κ2) is 8.37. The van der Waals surface area contributed by atoms with Crippen LogP contribution < -0.4 is 5.32 Å². The minimum atomic E-state index is -0.432. The number of ether oxygens (including phenoxy) is 1. The number of esters is 1. The summed E-state index contributed by atoms with van der Waals surface area (Å²) in [4.78, 5) is 24.2. The fourth-order valence-electron chi connectivity index (χ4n) is 2.49. The van der Waals surface area contributed by atoms with Gasteiger partial charge in [0.1, 0.15) is 6.10 Å².